The SMILES string of the molecule is COC(=O)c1ccccc1Oc1nc(Cl)nc(Oc2ccccc2C(=O)OC)n1. The number of nitrogens with zero attached hydrogens (tertiary/aromatic N) is 3. The van der Waals surface area contributed by atoms with Gasteiger partial charge in [-0.1, -0.05) is 24.3 Å². The molecule has 0 saturated carbocycles. The zero-order valence-electron chi connectivity index (χ0n) is 15.3. The van der Waals surface area contributed by atoms with Gasteiger partial charge in [0.25, 0.3) is 0 Å². The van der Waals surface area contributed by atoms with E-state index in [1.165, 1.54) is 38.5 Å². The van der Waals surface area contributed by atoms with Crippen LogP contribution in [0, 0.1) is 0 Å². The summed E-state index contributed by atoms with van der Waals surface area (Å²) < 4.78 is 20.6. The van der Waals surface area contributed by atoms with Crippen molar-refractivity contribution in [2.45, 2.75) is 0 Å². The Morgan fingerprint density at radius 3 is 1.55 bits per heavy atom. The maximum absolute atomic E-state index is 11.9. The van der Waals surface area contributed by atoms with E-state index in [9.17, 15) is 9.59 Å². The van der Waals surface area contributed by atoms with Crippen molar-refractivity contribution in [2.75, 3.05) is 14.2 Å². The Balaban J connectivity index is 1.91. The van der Waals surface area contributed by atoms with Gasteiger partial charge in [0.05, 0.1) is 14.2 Å². The van der Waals surface area contributed by atoms with Crippen LogP contribution in [0.1, 0.15) is 20.7 Å². The number of carbonyl (C=O) groups excluding carboxylic acids is 2. The molecule has 148 valence electrons. The first kappa shape index (κ1) is 20.0. The van der Waals surface area contributed by atoms with Crippen LogP contribution in [0.4, 0.5) is 0 Å². The number of halogens is 1. The first-order valence-corrected chi connectivity index (χ1v) is 8.51. The van der Waals surface area contributed by atoms with E-state index in [1.54, 1.807) is 24.3 Å². The van der Waals surface area contributed by atoms with Crippen molar-refractivity contribution < 1.29 is 28.5 Å². The lowest BCUT2D eigenvalue weighted by molar-refractivity contribution is 0.0588. The quantitative estimate of drug-likeness (QED) is 0.556. The lowest BCUT2D eigenvalue weighted by Gasteiger charge is -2.10. The topological polar surface area (TPSA) is 110 Å². The highest BCUT2D eigenvalue weighted by Crippen LogP contribution is 2.28. The lowest BCUT2D eigenvalue weighted by atomic mass is 10.2. The van der Waals surface area contributed by atoms with Gasteiger partial charge in [-0.2, -0.15) is 9.97 Å². The Bertz CT molecular complexity index is 980. The minimum absolute atomic E-state index is 0.155. The number of hydrogen-bond donors (Lipinski definition) is 0. The molecule has 0 aliphatic carbocycles. The van der Waals surface area contributed by atoms with Crippen LogP contribution in [0.5, 0.6) is 23.5 Å². The predicted molar refractivity (Wildman–Crippen MR) is 101 cm³/mol. The van der Waals surface area contributed by atoms with Crippen molar-refractivity contribution in [2.24, 2.45) is 0 Å². The third-order valence-corrected chi connectivity index (χ3v) is 3.72. The number of methoxy groups -OCH3 is 2. The second kappa shape index (κ2) is 8.98. The van der Waals surface area contributed by atoms with Gasteiger partial charge in [-0.3, -0.25) is 0 Å². The van der Waals surface area contributed by atoms with Crippen LogP contribution in [0.2, 0.25) is 5.28 Å². The fraction of sp³-hybridized carbons (Fsp3) is 0.105. The second-order valence-electron chi connectivity index (χ2n) is 5.35. The normalized spacial score (nSPS) is 10.2. The summed E-state index contributed by atoms with van der Waals surface area (Å²) in [7, 11) is 2.51. The molecule has 3 rings (SSSR count). The molecule has 3 aromatic rings. The van der Waals surface area contributed by atoms with Crippen molar-refractivity contribution in [3.05, 3.63) is 64.9 Å². The fourth-order valence-corrected chi connectivity index (χ4v) is 2.42. The van der Waals surface area contributed by atoms with Gasteiger partial charge in [-0.15, -0.1) is 4.98 Å². The van der Waals surface area contributed by atoms with E-state index < -0.39 is 11.9 Å². The van der Waals surface area contributed by atoms with E-state index in [1.807, 2.05) is 0 Å². The monoisotopic (exact) mass is 415 g/mol. The summed E-state index contributed by atoms with van der Waals surface area (Å²) in [4.78, 5) is 35.5. The number of hydrogen-bond acceptors (Lipinski definition) is 9. The number of ether oxygens (including phenoxy) is 4. The first-order chi connectivity index (χ1) is 14.0. The number of carbonyl (C=O) groups is 2. The molecule has 0 aliphatic heterocycles. The molecule has 29 heavy (non-hydrogen) atoms. The van der Waals surface area contributed by atoms with Gasteiger partial charge in [0.1, 0.15) is 22.6 Å². The standard InChI is InChI=1S/C19H14ClN3O6/c1-26-15(24)11-7-3-5-9-13(11)28-18-21-17(20)22-19(23-18)29-14-10-6-4-8-12(14)16(25)27-2/h3-10H,1-2H3. The zero-order chi connectivity index (χ0) is 20.8. The Hall–Kier alpha value is -3.72. The molecule has 1 heterocycles. The van der Waals surface area contributed by atoms with Gasteiger partial charge >= 0.3 is 24.0 Å². The minimum Gasteiger partial charge on any atom is -0.465 e. The van der Waals surface area contributed by atoms with E-state index in [-0.39, 0.29) is 39.9 Å². The molecule has 0 saturated heterocycles. The summed E-state index contributed by atoms with van der Waals surface area (Å²) in [5, 5.41) is -0.212. The smallest absolute Gasteiger partial charge is 0.341 e. The van der Waals surface area contributed by atoms with E-state index in [4.69, 9.17) is 30.5 Å². The predicted octanol–water partition coefficient (Wildman–Crippen LogP) is 3.68. The van der Waals surface area contributed by atoms with E-state index in [2.05, 4.69) is 15.0 Å². The molecule has 9 nitrogen and oxygen atoms in total. The summed E-state index contributed by atoms with van der Waals surface area (Å²) in [6.07, 6.45) is 0. The van der Waals surface area contributed by atoms with E-state index >= 15 is 0 Å². The molecule has 0 amide bonds. The van der Waals surface area contributed by atoms with Gasteiger partial charge in [0, 0.05) is 0 Å². The second-order valence-corrected chi connectivity index (χ2v) is 5.69. The highest BCUT2D eigenvalue weighted by atomic mass is 35.5. The molecule has 0 radical (unpaired) electrons. The maximum atomic E-state index is 11.9. The molecule has 0 unspecified atom stereocenters. The molecule has 0 spiro atoms. The molecular formula is C19H14ClN3O6. The summed E-state index contributed by atoms with van der Waals surface area (Å²) in [6, 6.07) is 12.3. The summed E-state index contributed by atoms with van der Waals surface area (Å²) >= 11 is 5.94. The van der Waals surface area contributed by atoms with Crippen molar-refractivity contribution in [3.63, 3.8) is 0 Å². The average Bonchev–Trinajstić information content (AvgIpc) is 2.73. The number of para-hydroxylation sites is 2. The Kier molecular flexibility index (Phi) is 6.20. The minimum atomic E-state index is -0.593. The molecule has 0 fully saturated rings. The lowest BCUT2D eigenvalue weighted by Crippen LogP contribution is -2.06. The molecule has 10 heteroatoms. The van der Waals surface area contributed by atoms with Crippen LogP contribution in [0.15, 0.2) is 48.5 Å². The van der Waals surface area contributed by atoms with Gasteiger partial charge < -0.3 is 18.9 Å². The average molecular weight is 416 g/mol. The summed E-state index contributed by atoms with van der Waals surface area (Å²) in [5.74, 6) is -0.876. The van der Waals surface area contributed by atoms with Crippen LogP contribution in [-0.2, 0) is 9.47 Å². The molecule has 0 aliphatic rings. The van der Waals surface area contributed by atoms with E-state index in [0.29, 0.717) is 0 Å². The van der Waals surface area contributed by atoms with E-state index in [0.717, 1.165) is 0 Å². The van der Waals surface area contributed by atoms with Crippen LogP contribution in [-0.4, -0.2) is 41.1 Å². The molecular weight excluding hydrogens is 402 g/mol. The van der Waals surface area contributed by atoms with Gasteiger partial charge in [-0.05, 0) is 35.9 Å². The third-order valence-electron chi connectivity index (χ3n) is 3.55. The van der Waals surface area contributed by atoms with Crippen LogP contribution < -0.4 is 9.47 Å². The van der Waals surface area contributed by atoms with Gasteiger partial charge in [-0.25, -0.2) is 9.59 Å². The molecule has 0 N–H and O–H groups in total. The summed E-state index contributed by atoms with van der Waals surface area (Å²) in [6.45, 7) is 0. The number of rotatable bonds is 6. The Morgan fingerprint density at radius 2 is 1.14 bits per heavy atom. The number of aromatic nitrogens is 3. The Labute approximate surface area is 170 Å². The van der Waals surface area contributed by atoms with Crippen molar-refractivity contribution in [1.82, 2.24) is 15.0 Å². The van der Waals surface area contributed by atoms with Crippen LogP contribution >= 0.6 is 11.6 Å². The van der Waals surface area contributed by atoms with Crippen molar-refractivity contribution in [1.29, 1.82) is 0 Å². The van der Waals surface area contributed by atoms with Gasteiger partial charge in [0.15, 0.2) is 0 Å². The summed E-state index contributed by atoms with van der Waals surface area (Å²) in [5.41, 5.74) is 0.343. The number of benzene rings is 2. The van der Waals surface area contributed by atoms with Crippen LogP contribution in [0.3, 0.4) is 0 Å². The largest absolute Gasteiger partial charge is 0.465 e. The van der Waals surface area contributed by atoms with Crippen molar-refractivity contribution in [3.8, 4) is 23.5 Å². The van der Waals surface area contributed by atoms with Gasteiger partial charge in [0.2, 0.25) is 5.28 Å². The molecule has 2 aromatic carbocycles. The first-order valence-electron chi connectivity index (χ1n) is 8.13. The van der Waals surface area contributed by atoms with Crippen LogP contribution in [0.25, 0.3) is 0 Å². The molecule has 1 aromatic heterocycles. The highest BCUT2D eigenvalue weighted by Gasteiger charge is 2.18. The number of esters is 2. The Morgan fingerprint density at radius 1 is 0.724 bits per heavy atom. The highest BCUT2D eigenvalue weighted by molar-refractivity contribution is 6.28. The van der Waals surface area contributed by atoms with Crippen molar-refractivity contribution >= 4 is 23.5 Å². The maximum Gasteiger partial charge on any atom is 0.341 e. The fourth-order valence-electron chi connectivity index (χ4n) is 2.27. The molecule has 0 atom stereocenters. The zero-order valence-corrected chi connectivity index (χ0v) is 16.0. The third kappa shape index (κ3) is 4.77. The molecule has 0 bridgehead atoms.